The van der Waals surface area contributed by atoms with Crippen molar-refractivity contribution in [1.82, 2.24) is 9.78 Å². The van der Waals surface area contributed by atoms with Gasteiger partial charge >= 0.3 is 0 Å². The first-order valence-electron chi connectivity index (χ1n) is 5.10. The topological polar surface area (TPSA) is 30.4 Å². The Hall–Kier alpha value is -1.61. The molecular formula is C12H12N2O. The van der Waals surface area contributed by atoms with Gasteiger partial charge < -0.3 is 4.74 Å². The molecule has 0 saturated carbocycles. The van der Waals surface area contributed by atoms with Crippen LogP contribution in [0, 0.1) is 0 Å². The van der Waals surface area contributed by atoms with E-state index < -0.39 is 0 Å². The minimum absolute atomic E-state index is 0.300. The van der Waals surface area contributed by atoms with Gasteiger partial charge in [0.25, 0.3) is 0 Å². The highest BCUT2D eigenvalue weighted by Crippen LogP contribution is 2.28. The highest BCUT2D eigenvalue weighted by molar-refractivity contribution is 5.17. The number of nitrogens with zero attached hydrogens (tertiary/aromatic N) is 2. The van der Waals surface area contributed by atoms with Gasteiger partial charge in [-0.05, 0) is 5.56 Å². The standard InChI is InChI=1S/C12H12N2O/c1-2-4-10(5-3-1)7-14-8-11(6-13-14)12-9-15-12/h1-6,8,12H,7,9H2. The molecule has 1 aliphatic rings. The number of hydrogen-bond donors (Lipinski definition) is 0. The predicted octanol–water partition coefficient (Wildman–Crippen LogP) is 2.00. The number of hydrogen-bond acceptors (Lipinski definition) is 2. The Kier molecular flexibility index (Phi) is 2.03. The Balaban J connectivity index is 1.76. The van der Waals surface area contributed by atoms with E-state index in [9.17, 15) is 0 Å². The van der Waals surface area contributed by atoms with E-state index in [0.29, 0.717) is 6.10 Å². The van der Waals surface area contributed by atoms with E-state index in [1.54, 1.807) is 0 Å². The number of rotatable bonds is 3. The summed E-state index contributed by atoms with van der Waals surface area (Å²) >= 11 is 0. The van der Waals surface area contributed by atoms with Crippen LogP contribution in [0.1, 0.15) is 17.2 Å². The molecule has 1 aromatic carbocycles. The quantitative estimate of drug-likeness (QED) is 0.709. The van der Waals surface area contributed by atoms with Crippen molar-refractivity contribution in [2.24, 2.45) is 0 Å². The maximum Gasteiger partial charge on any atom is 0.109 e. The van der Waals surface area contributed by atoms with Crippen LogP contribution in [-0.4, -0.2) is 16.4 Å². The normalized spacial score (nSPS) is 19.1. The fraction of sp³-hybridized carbons (Fsp3) is 0.250. The summed E-state index contributed by atoms with van der Waals surface area (Å²) in [7, 11) is 0. The van der Waals surface area contributed by atoms with Crippen molar-refractivity contribution in [2.75, 3.05) is 6.61 Å². The van der Waals surface area contributed by atoms with Crippen LogP contribution in [0.2, 0.25) is 0 Å². The van der Waals surface area contributed by atoms with E-state index in [1.807, 2.05) is 29.1 Å². The molecule has 1 aliphatic heterocycles. The van der Waals surface area contributed by atoms with E-state index in [0.717, 1.165) is 13.2 Å². The minimum Gasteiger partial charge on any atom is -0.368 e. The van der Waals surface area contributed by atoms with Gasteiger partial charge in [-0.15, -0.1) is 0 Å². The summed E-state index contributed by atoms with van der Waals surface area (Å²) in [5, 5.41) is 4.31. The van der Waals surface area contributed by atoms with Gasteiger partial charge in [0.1, 0.15) is 6.10 Å². The largest absolute Gasteiger partial charge is 0.368 e. The fourth-order valence-electron chi connectivity index (χ4n) is 1.64. The Morgan fingerprint density at radius 1 is 1.33 bits per heavy atom. The van der Waals surface area contributed by atoms with Crippen molar-refractivity contribution in [3.05, 3.63) is 53.9 Å². The van der Waals surface area contributed by atoms with Gasteiger partial charge in [0.15, 0.2) is 0 Å². The van der Waals surface area contributed by atoms with Crippen LogP contribution in [0.25, 0.3) is 0 Å². The summed E-state index contributed by atoms with van der Waals surface area (Å²) < 4.78 is 7.16. The lowest BCUT2D eigenvalue weighted by molar-refractivity contribution is 0.415. The minimum atomic E-state index is 0.300. The molecule has 3 rings (SSSR count). The third-order valence-electron chi connectivity index (χ3n) is 2.55. The SMILES string of the molecule is c1ccc(Cn2cc(C3CO3)cn2)cc1. The van der Waals surface area contributed by atoms with Crippen LogP contribution in [0.3, 0.4) is 0 Å². The first-order chi connectivity index (χ1) is 7.42. The Morgan fingerprint density at radius 3 is 2.87 bits per heavy atom. The fourth-order valence-corrected chi connectivity index (χ4v) is 1.64. The Morgan fingerprint density at radius 2 is 2.13 bits per heavy atom. The van der Waals surface area contributed by atoms with Crippen LogP contribution >= 0.6 is 0 Å². The molecular weight excluding hydrogens is 188 g/mol. The molecule has 1 aromatic heterocycles. The lowest BCUT2D eigenvalue weighted by Crippen LogP contribution is -1.99. The number of aromatic nitrogens is 2. The molecule has 2 aromatic rings. The highest BCUT2D eigenvalue weighted by Gasteiger charge is 2.25. The average molecular weight is 200 g/mol. The summed E-state index contributed by atoms with van der Waals surface area (Å²) in [6, 6.07) is 10.3. The molecule has 1 unspecified atom stereocenters. The second kappa shape index (κ2) is 3.51. The smallest absolute Gasteiger partial charge is 0.109 e. The van der Waals surface area contributed by atoms with Crippen LogP contribution in [0.4, 0.5) is 0 Å². The summed E-state index contributed by atoms with van der Waals surface area (Å²) in [6.07, 6.45) is 4.25. The second-order valence-electron chi connectivity index (χ2n) is 3.78. The van der Waals surface area contributed by atoms with Crippen molar-refractivity contribution in [1.29, 1.82) is 0 Å². The summed E-state index contributed by atoms with van der Waals surface area (Å²) in [6.45, 7) is 1.67. The van der Waals surface area contributed by atoms with Crippen molar-refractivity contribution >= 4 is 0 Å². The zero-order valence-electron chi connectivity index (χ0n) is 8.34. The summed E-state index contributed by atoms with van der Waals surface area (Å²) in [5.41, 5.74) is 2.45. The lowest BCUT2D eigenvalue weighted by atomic mass is 10.2. The van der Waals surface area contributed by atoms with Gasteiger partial charge in [0.2, 0.25) is 0 Å². The summed E-state index contributed by atoms with van der Waals surface area (Å²) in [4.78, 5) is 0. The maximum atomic E-state index is 5.20. The molecule has 15 heavy (non-hydrogen) atoms. The monoisotopic (exact) mass is 200 g/mol. The third kappa shape index (κ3) is 1.92. The molecule has 3 nitrogen and oxygen atoms in total. The molecule has 1 atom stereocenters. The molecule has 2 heterocycles. The first kappa shape index (κ1) is 8.68. The molecule has 0 spiro atoms. The molecule has 0 bridgehead atoms. The number of ether oxygens (including phenoxy) is 1. The van der Waals surface area contributed by atoms with Crippen molar-refractivity contribution < 1.29 is 4.74 Å². The molecule has 1 saturated heterocycles. The zero-order valence-corrected chi connectivity index (χ0v) is 8.34. The highest BCUT2D eigenvalue weighted by atomic mass is 16.6. The lowest BCUT2D eigenvalue weighted by Gasteiger charge is -2.00. The van der Waals surface area contributed by atoms with Crippen LogP contribution in [0.15, 0.2) is 42.7 Å². The van der Waals surface area contributed by atoms with Crippen molar-refractivity contribution in [3.8, 4) is 0 Å². The van der Waals surface area contributed by atoms with Crippen LogP contribution < -0.4 is 0 Å². The summed E-state index contributed by atoms with van der Waals surface area (Å²) in [5.74, 6) is 0. The predicted molar refractivity (Wildman–Crippen MR) is 56.5 cm³/mol. The van der Waals surface area contributed by atoms with Gasteiger partial charge in [-0.25, -0.2) is 0 Å². The molecule has 1 fully saturated rings. The maximum absolute atomic E-state index is 5.20. The Labute approximate surface area is 88.3 Å². The average Bonchev–Trinajstić information content (AvgIpc) is 3.02. The van der Waals surface area contributed by atoms with Crippen LogP contribution in [-0.2, 0) is 11.3 Å². The van der Waals surface area contributed by atoms with E-state index in [2.05, 4.69) is 23.4 Å². The molecule has 0 N–H and O–H groups in total. The van der Waals surface area contributed by atoms with Gasteiger partial charge in [-0.3, -0.25) is 4.68 Å². The molecule has 3 heteroatoms. The zero-order chi connectivity index (χ0) is 10.1. The van der Waals surface area contributed by atoms with Gasteiger partial charge in [-0.2, -0.15) is 5.10 Å². The van der Waals surface area contributed by atoms with E-state index >= 15 is 0 Å². The Bertz CT molecular complexity index is 446. The number of epoxide rings is 1. The van der Waals surface area contributed by atoms with Gasteiger partial charge in [0, 0.05) is 11.8 Å². The van der Waals surface area contributed by atoms with Gasteiger partial charge in [0.05, 0.1) is 19.3 Å². The molecule has 0 radical (unpaired) electrons. The van der Waals surface area contributed by atoms with Gasteiger partial charge in [-0.1, -0.05) is 30.3 Å². The van der Waals surface area contributed by atoms with E-state index in [-0.39, 0.29) is 0 Å². The van der Waals surface area contributed by atoms with E-state index in [4.69, 9.17) is 4.74 Å². The van der Waals surface area contributed by atoms with Crippen LogP contribution in [0.5, 0.6) is 0 Å². The van der Waals surface area contributed by atoms with Crippen molar-refractivity contribution in [3.63, 3.8) is 0 Å². The second-order valence-corrected chi connectivity index (χ2v) is 3.78. The number of benzene rings is 1. The first-order valence-corrected chi connectivity index (χ1v) is 5.10. The molecule has 0 amide bonds. The molecule has 76 valence electrons. The molecule has 0 aliphatic carbocycles. The van der Waals surface area contributed by atoms with Crippen molar-refractivity contribution in [2.45, 2.75) is 12.6 Å². The third-order valence-corrected chi connectivity index (χ3v) is 2.55. The van der Waals surface area contributed by atoms with E-state index in [1.165, 1.54) is 11.1 Å².